The molecule has 6 heterocycles. The summed E-state index contributed by atoms with van der Waals surface area (Å²) in [6.07, 6.45) is 13.6. The molecule has 12 heteroatoms. The summed E-state index contributed by atoms with van der Waals surface area (Å²) < 4.78 is 7.81. The second-order valence-electron chi connectivity index (χ2n) is 10.5. The molecule has 6 aromatic heterocycles. The van der Waals surface area contributed by atoms with Crippen LogP contribution in [0.2, 0.25) is 0 Å². The molecule has 42 heavy (non-hydrogen) atoms. The van der Waals surface area contributed by atoms with Gasteiger partial charge in [-0.15, -0.1) is 10.2 Å². The maximum atomic E-state index is 6.34. The van der Waals surface area contributed by atoms with Crippen molar-refractivity contribution in [2.45, 2.75) is 25.3 Å². The first kappa shape index (κ1) is 24.2. The van der Waals surface area contributed by atoms with Crippen molar-refractivity contribution in [3.8, 4) is 22.9 Å². The first-order valence-electron chi connectivity index (χ1n) is 13.7. The minimum Gasteiger partial charge on any atom is -0.383 e. The van der Waals surface area contributed by atoms with Crippen LogP contribution in [0.25, 0.3) is 34.1 Å². The van der Waals surface area contributed by atoms with Crippen LogP contribution in [0.4, 0.5) is 5.82 Å². The van der Waals surface area contributed by atoms with Crippen LogP contribution in [0.3, 0.4) is 0 Å². The second kappa shape index (κ2) is 9.47. The molecule has 7 aromatic rings. The molecule has 12 nitrogen and oxygen atoms in total. The summed E-state index contributed by atoms with van der Waals surface area (Å²) in [4.78, 5) is 14.3. The van der Waals surface area contributed by atoms with E-state index in [1.807, 2.05) is 67.0 Å². The van der Waals surface area contributed by atoms with Crippen molar-refractivity contribution >= 4 is 17.0 Å². The Hall–Kier alpha value is -5.65. The lowest BCUT2D eigenvalue weighted by Gasteiger charge is -2.17. The smallest absolute Gasteiger partial charge is 0.167 e. The maximum Gasteiger partial charge on any atom is 0.167 e. The molecule has 206 valence electrons. The van der Waals surface area contributed by atoms with E-state index in [0.29, 0.717) is 29.5 Å². The molecule has 1 aromatic carbocycles. The van der Waals surface area contributed by atoms with Crippen molar-refractivity contribution in [3.05, 3.63) is 108 Å². The summed E-state index contributed by atoms with van der Waals surface area (Å²) in [5, 5.41) is 17.4. The van der Waals surface area contributed by atoms with Crippen LogP contribution in [0.15, 0.2) is 85.8 Å². The number of aromatic nitrogens is 11. The average molecular weight is 555 g/mol. The monoisotopic (exact) mass is 554 g/mol. The number of aryl methyl sites for hydroxylation is 2. The number of hydrogen-bond donors (Lipinski definition) is 1. The van der Waals surface area contributed by atoms with Gasteiger partial charge in [0.25, 0.3) is 0 Å². The van der Waals surface area contributed by atoms with Crippen molar-refractivity contribution in [2.24, 2.45) is 7.05 Å². The molecule has 0 saturated heterocycles. The van der Waals surface area contributed by atoms with E-state index >= 15 is 0 Å². The fourth-order valence-electron chi connectivity index (χ4n) is 5.92. The Morgan fingerprint density at radius 2 is 1.98 bits per heavy atom. The largest absolute Gasteiger partial charge is 0.383 e. The minimum absolute atomic E-state index is 0.160. The quantitative estimate of drug-likeness (QED) is 0.329. The van der Waals surface area contributed by atoms with E-state index in [-0.39, 0.29) is 6.04 Å². The van der Waals surface area contributed by atoms with Crippen LogP contribution < -0.4 is 5.73 Å². The normalized spacial score (nSPS) is 14.5. The molecule has 1 aliphatic carbocycles. The number of hydrogen-bond acceptors (Lipinski definition) is 8. The minimum atomic E-state index is 0.160. The predicted octanol–water partition coefficient (Wildman–Crippen LogP) is 3.70. The summed E-state index contributed by atoms with van der Waals surface area (Å²) in [7, 11) is 1.92. The van der Waals surface area contributed by atoms with Gasteiger partial charge in [0.05, 0.1) is 17.8 Å². The zero-order chi connectivity index (χ0) is 28.2. The highest BCUT2D eigenvalue weighted by atomic mass is 15.3. The van der Waals surface area contributed by atoms with Gasteiger partial charge in [0.15, 0.2) is 17.3 Å². The first-order chi connectivity index (χ1) is 20.6. The molecule has 0 fully saturated rings. The van der Waals surface area contributed by atoms with E-state index in [2.05, 4.69) is 52.7 Å². The zero-order valence-corrected chi connectivity index (χ0v) is 22.8. The molecule has 0 spiro atoms. The Bertz CT molecular complexity index is 2060. The molecule has 2 N–H and O–H groups in total. The molecule has 0 saturated carbocycles. The fourth-order valence-corrected chi connectivity index (χ4v) is 5.92. The molecule has 8 rings (SSSR count). The van der Waals surface area contributed by atoms with Crippen LogP contribution in [-0.4, -0.2) is 53.8 Å². The fraction of sp³-hybridized carbons (Fsp3) is 0.167. The number of fused-ring (bicyclic) bond motifs is 2. The van der Waals surface area contributed by atoms with Crippen molar-refractivity contribution in [3.63, 3.8) is 0 Å². The lowest BCUT2D eigenvalue weighted by atomic mass is 10.1. The molecule has 0 bridgehead atoms. The van der Waals surface area contributed by atoms with Gasteiger partial charge in [0.1, 0.15) is 23.5 Å². The highest BCUT2D eigenvalue weighted by Crippen LogP contribution is 2.38. The molecule has 1 atom stereocenters. The molecular formula is C30H26N12. The van der Waals surface area contributed by atoms with Gasteiger partial charge in [-0.1, -0.05) is 6.07 Å². The third-order valence-corrected chi connectivity index (χ3v) is 7.84. The third kappa shape index (κ3) is 3.95. The Labute approximate surface area is 240 Å². The standard InChI is InChI=1S/C30H26N12/c1-39-17-19(16-35-39)14-27-38-33-18-40(27)25-9-5-20-15-21(6-7-22(20)25)42-29(23-4-2-11-32-28(23)31)36-24-8-10-26(37-30(24)42)41-13-3-12-34-41/h2-4,6-8,10-13,15-18,25H,5,9,14H2,1H3,(H2,31,32)/t25-/m0/s1. The van der Waals surface area contributed by atoms with Crippen LogP contribution in [0.5, 0.6) is 0 Å². The van der Waals surface area contributed by atoms with E-state index in [1.54, 1.807) is 17.1 Å². The summed E-state index contributed by atoms with van der Waals surface area (Å²) in [6, 6.07) is 16.3. The van der Waals surface area contributed by atoms with Crippen LogP contribution in [0.1, 0.15) is 35.0 Å². The molecule has 0 amide bonds. The van der Waals surface area contributed by atoms with Crippen molar-refractivity contribution in [1.82, 2.24) is 53.8 Å². The second-order valence-corrected chi connectivity index (χ2v) is 10.5. The van der Waals surface area contributed by atoms with Gasteiger partial charge in [-0.25, -0.2) is 19.6 Å². The van der Waals surface area contributed by atoms with Gasteiger partial charge >= 0.3 is 0 Å². The molecular weight excluding hydrogens is 528 g/mol. The third-order valence-electron chi connectivity index (χ3n) is 7.84. The Balaban J connectivity index is 1.23. The number of imidazole rings is 1. The van der Waals surface area contributed by atoms with E-state index in [1.165, 1.54) is 11.1 Å². The first-order valence-corrected chi connectivity index (χ1v) is 13.7. The molecule has 0 unspecified atom stereocenters. The van der Waals surface area contributed by atoms with Crippen molar-refractivity contribution in [2.75, 3.05) is 5.73 Å². The van der Waals surface area contributed by atoms with Crippen LogP contribution in [0, 0.1) is 0 Å². The number of rotatable bonds is 6. The van der Waals surface area contributed by atoms with Crippen LogP contribution in [-0.2, 0) is 19.9 Å². The number of nitrogens with zero attached hydrogens (tertiary/aromatic N) is 11. The van der Waals surface area contributed by atoms with Gasteiger partial charge in [-0.2, -0.15) is 10.2 Å². The highest BCUT2D eigenvalue weighted by Gasteiger charge is 2.28. The lowest BCUT2D eigenvalue weighted by molar-refractivity contribution is 0.557. The van der Waals surface area contributed by atoms with E-state index in [9.17, 15) is 0 Å². The lowest BCUT2D eigenvalue weighted by Crippen LogP contribution is -2.11. The summed E-state index contributed by atoms with van der Waals surface area (Å²) in [5.74, 6) is 2.73. The summed E-state index contributed by atoms with van der Waals surface area (Å²) >= 11 is 0. The number of nitrogen functional groups attached to an aromatic ring is 1. The Kier molecular flexibility index (Phi) is 5.45. The summed E-state index contributed by atoms with van der Waals surface area (Å²) in [6.45, 7) is 0. The number of pyridine rings is 2. The van der Waals surface area contributed by atoms with Gasteiger partial charge < -0.3 is 10.3 Å². The number of nitrogens with two attached hydrogens (primary N) is 1. The highest BCUT2D eigenvalue weighted by molar-refractivity contribution is 5.83. The zero-order valence-electron chi connectivity index (χ0n) is 22.8. The SMILES string of the molecule is Cn1cc(Cc2nncn2[C@H]2CCc3cc(-n4c(-c5cccnc5N)nc5ccc(-n6cccn6)nc54)ccc32)cn1. The van der Waals surface area contributed by atoms with E-state index in [0.717, 1.165) is 41.0 Å². The van der Waals surface area contributed by atoms with Crippen molar-refractivity contribution < 1.29 is 0 Å². The van der Waals surface area contributed by atoms with Gasteiger partial charge in [0, 0.05) is 43.9 Å². The van der Waals surface area contributed by atoms with Crippen molar-refractivity contribution in [1.29, 1.82) is 0 Å². The van der Waals surface area contributed by atoms with Crippen LogP contribution >= 0.6 is 0 Å². The average Bonchev–Trinajstić information content (AvgIpc) is 3.83. The Morgan fingerprint density at radius 3 is 2.81 bits per heavy atom. The number of benzene rings is 1. The Morgan fingerprint density at radius 1 is 1.02 bits per heavy atom. The summed E-state index contributed by atoms with van der Waals surface area (Å²) in [5.41, 5.74) is 13.2. The maximum absolute atomic E-state index is 6.34. The predicted molar refractivity (Wildman–Crippen MR) is 156 cm³/mol. The molecule has 0 aliphatic heterocycles. The van der Waals surface area contributed by atoms with E-state index in [4.69, 9.17) is 15.7 Å². The molecule has 1 aliphatic rings. The number of anilines is 1. The van der Waals surface area contributed by atoms with Gasteiger partial charge in [0.2, 0.25) is 0 Å². The van der Waals surface area contributed by atoms with Gasteiger partial charge in [-0.3, -0.25) is 9.25 Å². The van der Waals surface area contributed by atoms with Gasteiger partial charge in [-0.05, 0) is 72.0 Å². The molecule has 0 radical (unpaired) electrons. The topological polar surface area (TPSA) is 136 Å². The van der Waals surface area contributed by atoms with E-state index < -0.39 is 0 Å².